The molecule has 0 radical (unpaired) electrons. The molecule has 2 saturated heterocycles. The van der Waals surface area contributed by atoms with Crippen molar-refractivity contribution in [3.63, 3.8) is 0 Å². The summed E-state index contributed by atoms with van der Waals surface area (Å²) in [6.07, 6.45) is 2.24. The van der Waals surface area contributed by atoms with Gasteiger partial charge in [-0.15, -0.1) is 0 Å². The van der Waals surface area contributed by atoms with E-state index >= 15 is 0 Å². The van der Waals surface area contributed by atoms with Crippen LogP contribution in [-0.4, -0.2) is 50.1 Å². The third-order valence-corrected chi connectivity index (χ3v) is 6.05. The second-order valence-corrected chi connectivity index (χ2v) is 8.99. The number of hydrogen-bond donors (Lipinski definition) is 2. The van der Waals surface area contributed by atoms with E-state index in [2.05, 4.69) is 10.6 Å². The zero-order chi connectivity index (χ0) is 24.1. The molecule has 0 saturated carbocycles. The maximum Gasteiger partial charge on any atom is 0.262 e. The molecule has 180 valence electrons. The van der Waals surface area contributed by atoms with Crippen LogP contribution in [0.1, 0.15) is 30.4 Å². The number of carbonyl (C=O) groups is 3. The second-order valence-electron chi connectivity index (χ2n) is 8.99. The van der Waals surface area contributed by atoms with E-state index < -0.39 is 0 Å². The molecule has 2 atom stereocenters. The summed E-state index contributed by atoms with van der Waals surface area (Å²) < 4.78 is 11.1. The molecule has 8 heteroatoms. The summed E-state index contributed by atoms with van der Waals surface area (Å²) in [5, 5.41) is 5.75. The number of amides is 3. The molecule has 0 aromatic heterocycles. The van der Waals surface area contributed by atoms with Gasteiger partial charge >= 0.3 is 0 Å². The summed E-state index contributed by atoms with van der Waals surface area (Å²) in [7, 11) is 0. The molecule has 2 fully saturated rings. The van der Waals surface area contributed by atoms with Crippen LogP contribution in [0.3, 0.4) is 0 Å². The minimum Gasteiger partial charge on any atom is -0.484 e. The van der Waals surface area contributed by atoms with Crippen molar-refractivity contribution >= 4 is 29.1 Å². The summed E-state index contributed by atoms with van der Waals surface area (Å²) in [6.45, 7) is 5.41. The van der Waals surface area contributed by atoms with E-state index in [1.165, 1.54) is 0 Å². The third-order valence-electron chi connectivity index (χ3n) is 6.05. The van der Waals surface area contributed by atoms with Gasteiger partial charge in [-0.1, -0.05) is 6.07 Å². The number of benzene rings is 2. The van der Waals surface area contributed by atoms with Gasteiger partial charge in [0.15, 0.2) is 6.61 Å². The number of nitrogens with one attached hydrogen (secondary N) is 2. The lowest BCUT2D eigenvalue weighted by atomic mass is 10.1. The Morgan fingerprint density at radius 1 is 1.12 bits per heavy atom. The Kier molecular flexibility index (Phi) is 7.47. The predicted molar refractivity (Wildman–Crippen MR) is 129 cm³/mol. The first-order valence-corrected chi connectivity index (χ1v) is 11.7. The first-order valence-electron chi connectivity index (χ1n) is 11.7. The molecule has 0 aliphatic carbocycles. The molecule has 3 amide bonds. The Balaban J connectivity index is 1.26. The Bertz CT molecular complexity index is 1030. The highest BCUT2D eigenvalue weighted by Crippen LogP contribution is 2.27. The molecule has 4 rings (SSSR count). The van der Waals surface area contributed by atoms with Gasteiger partial charge in [0, 0.05) is 37.5 Å². The van der Waals surface area contributed by atoms with Crippen molar-refractivity contribution in [2.45, 2.75) is 39.2 Å². The fourth-order valence-electron chi connectivity index (χ4n) is 4.41. The molecule has 34 heavy (non-hydrogen) atoms. The molecule has 2 heterocycles. The maximum absolute atomic E-state index is 12.5. The van der Waals surface area contributed by atoms with Gasteiger partial charge in [-0.3, -0.25) is 14.4 Å². The van der Waals surface area contributed by atoms with Gasteiger partial charge < -0.3 is 25.0 Å². The molecule has 2 aromatic rings. The Hall–Kier alpha value is -3.39. The first-order chi connectivity index (χ1) is 16.4. The molecule has 2 aromatic carbocycles. The highest BCUT2D eigenvalue weighted by atomic mass is 16.5. The zero-order valence-electron chi connectivity index (χ0n) is 19.6. The fourth-order valence-corrected chi connectivity index (χ4v) is 4.41. The van der Waals surface area contributed by atoms with E-state index in [1.54, 1.807) is 29.2 Å². The lowest BCUT2D eigenvalue weighted by Crippen LogP contribution is -2.37. The summed E-state index contributed by atoms with van der Waals surface area (Å²) in [4.78, 5) is 38.8. The van der Waals surface area contributed by atoms with Crippen LogP contribution >= 0.6 is 0 Å². The van der Waals surface area contributed by atoms with Crippen molar-refractivity contribution in [1.29, 1.82) is 0 Å². The van der Waals surface area contributed by atoms with E-state index in [9.17, 15) is 14.4 Å². The van der Waals surface area contributed by atoms with Crippen LogP contribution in [0.4, 0.5) is 11.4 Å². The highest BCUT2D eigenvalue weighted by Gasteiger charge is 2.35. The largest absolute Gasteiger partial charge is 0.484 e. The lowest BCUT2D eigenvalue weighted by Gasteiger charge is -2.18. The summed E-state index contributed by atoms with van der Waals surface area (Å²) >= 11 is 0. The van der Waals surface area contributed by atoms with Crippen molar-refractivity contribution < 1.29 is 23.9 Å². The highest BCUT2D eigenvalue weighted by molar-refractivity contribution is 6.00. The fraction of sp³-hybridized carbons (Fsp3) is 0.423. The summed E-state index contributed by atoms with van der Waals surface area (Å²) in [5.74, 6) is -0.295. The first kappa shape index (κ1) is 23.8. The number of carbonyl (C=O) groups excluding carboxylic acids is 3. The lowest BCUT2D eigenvalue weighted by molar-refractivity contribution is -0.126. The van der Waals surface area contributed by atoms with Gasteiger partial charge in [0.1, 0.15) is 5.75 Å². The van der Waals surface area contributed by atoms with Crippen molar-refractivity contribution in [2.75, 3.05) is 36.5 Å². The van der Waals surface area contributed by atoms with Gasteiger partial charge in [-0.25, -0.2) is 0 Å². The Morgan fingerprint density at radius 2 is 1.85 bits per heavy atom. The van der Waals surface area contributed by atoms with E-state index in [1.807, 2.05) is 32.0 Å². The van der Waals surface area contributed by atoms with Crippen LogP contribution in [0.2, 0.25) is 0 Å². The second kappa shape index (κ2) is 10.7. The topological polar surface area (TPSA) is 97.0 Å². The number of rotatable bonds is 8. The predicted octanol–water partition coefficient (Wildman–Crippen LogP) is 2.97. The average molecular weight is 466 g/mol. The molecular weight excluding hydrogens is 434 g/mol. The van der Waals surface area contributed by atoms with Gasteiger partial charge in [0.25, 0.3) is 5.91 Å². The van der Waals surface area contributed by atoms with Crippen molar-refractivity contribution in [2.24, 2.45) is 5.92 Å². The maximum atomic E-state index is 12.5. The average Bonchev–Trinajstić information content (AvgIpc) is 3.45. The van der Waals surface area contributed by atoms with Crippen molar-refractivity contribution in [1.82, 2.24) is 5.32 Å². The molecule has 2 aliphatic rings. The molecule has 8 nitrogen and oxygen atoms in total. The van der Waals surface area contributed by atoms with Crippen molar-refractivity contribution in [3.8, 4) is 5.75 Å². The molecule has 0 unspecified atom stereocenters. The normalized spacial score (nSPS) is 19.8. The zero-order valence-corrected chi connectivity index (χ0v) is 19.6. The molecule has 2 N–H and O–H groups in total. The van der Waals surface area contributed by atoms with Crippen LogP contribution in [0.15, 0.2) is 42.5 Å². The van der Waals surface area contributed by atoms with Crippen LogP contribution < -0.4 is 20.3 Å². The Labute approximate surface area is 199 Å². The molecular formula is C26H31N3O5. The third kappa shape index (κ3) is 6.14. The van der Waals surface area contributed by atoms with Crippen LogP contribution in [0.5, 0.6) is 5.75 Å². The summed E-state index contributed by atoms with van der Waals surface area (Å²) in [5.41, 5.74) is 3.59. The number of aryl methyl sites for hydroxylation is 2. The van der Waals surface area contributed by atoms with E-state index in [4.69, 9.17) is 9.47 Å². The smallest absolute Gasteiger partial charge is 0.262 e. The number of ether oxygens (including phenoxy) is 2. The van der Waals surface area contributed by atoms with Crippen molar-refractivity contribution in [3.05, 3.63) is 53.6 Å². The number of nitrogens with zero attached hydrogens (tertiary/aromatic N) is 1. The minimum absolute atomic E-state index is 0.0766. The van der Waals surface area contributed by atoms with Gasteiger partial charge in [-0.2, -0.15) is 0 Å². The van der Waals surface area contributed by atoms with Gasteiger partial charge in [0.2, 0.25) is 11.8 Å². The molecule has 0 spiro atoms. The van der Waals surface area contributed by atoms with E-state index in [-0.39, 0.29) is 42.8 Å². The quantitative estimate of drug-likeness (QED) is 0.625. The summed E-state index contributed by atoms with van der Waals surface area (Å²) in [6, 6.07) is 12.8. The van der Waals surface area contributed by atoms with Crippen LogP contribution in [0, 0.1) is 19.8 Å². The SMILES string of the molecule is Cc1cc(C)cc(NC(=O)COc2ccc(N3C[C@H](C(=O)NC[C@H]4CCCO4)CC3=O)cc2)c1. The van der Waals surface area contributed by atoms with Gasteiger partial charge in [-0.05, 0) is 74.2 Å². The monoisotopic (exact) mass is 465 g/mol. The van der Waals surface area contributed by atoms with Crippen LogP contribution in [-0.2, 0) is 19.1 Å². The standard InChI is InChI=1S/C26H31N3O5/c1-17-10-18(2)12-20(11-17)28-24(30)16-34-22-7-5-21(6-8-22)29-15-19(13-25(29)31)26(32)27-14-23-4-3-9-33-23/h5-8,10-12,19,23H,3-4,9,13-16H2,1-2H3,(H,27,32)(H,28,30)/t19-,23-/m1/s1. The van der Waals surface area contributed by atoms with E-state index in [0.717, 1.165) is 36.3 Å². The number of hydrogen-bond acceptors (Lipinski definition) is 5. The van der Waals surface area contributed by atoms with Crippen LogP contribution in [0.25, 0.3) is 0 Å². The minimum atomic E-state index is -0.376. The Morgan fingerprint density at radius 3 is 2.53 bits per heavy atom. The van der Waals surface area contributed by atoms with E-state index in [0.29, 0.717) is 24.5 Å². The van der Waals surface area contributed by atoms with Gasteiger partial charge in [0.05, 0.1) is 12.0 Å². The number of anilines is 2. The molecule has 0 bridgehead atoms. The molecule has 2 aliphatic heterocycles.